The van der Waals surface area contributed by atoms with Gasteiger partial charge in [-0.05, 0) is 30.7 Å². The van der Waals surface area contributed by atoms with Crippen LogP contribution < -0.4 is 16.0 Å². The third-order valence-corrected chi connectivity index (χ3v) is 2.40. The molecule has 1 aromatic carbocycles. The number of amides is 3. The molecular weight excluding hydrogens is 246 g/mol. The van der Waals surface area contributed by atoms with Gasteiger partial charge in [-0.25, -0.2) is 4.90 Å². The molecule has 6 nitrogen and oxygen atoms in total. The molecule has 0 saturated carbocycles. The van der Waals surface area contributed by atoms with E-state index in [2.05, 4.69) is 5.32 Å². The molecule has 1 aromatic rings. The Morgan fingerprint density at radius 3 is 2.26 bits per heavy atom. The lowest BCUT2D eigenvalue weighted by Gasteiger charge is -2.18. The van der Waals surface area contributed by atoms with Gasteiger partial charge in [0.2, 0.25) is 5.91 Å². The Kier molecular flexibility index (Phi) is 5.05. The van der Waals surface area contributed by atoms with Crippen LogP contribution in [0.2, 0.25) is 0 Å². The quantitative estimate of drug-likeness (QED) is 0.619. The van der Waals surface area contributed by atoms with Crippen molar-refractivity contribution in [2.45, 2.75) is 20.3 Å². The number of nitrogen functional groups attached to an aromatic ring is 1. The molecule has 0 heterocycles. The molecular formula is C13H17N3O3. The van der Waals surface area contributed by atoms with Crippen LogP contribution in [0.4, 0.5) is 11.4 Å². The Morgan fingerprint density at radius 1 is 1.21 bits per heavy atom. The number of nitrogens with one attached hydrogen (secondary N) is 1. The molecule has 0 radical (unpaired) electrons. The summed E-state index contributed by atoms with van der Waals surface area (Å²) in [6.07, 6.45) is 0.709. The SMILES string of the molecule is CCCNC(=O)C(=O)N(C(C)=O)c1ccc(N)cc1. The number of carbonyl (C=O) groups is 3. The van der Waals surface area contributed by atoms with Gasteiger partial charge in [0.25, 0.3) is 0 Å². The molecule has 3 N–H and O–H groups in total. The van der Waals surface area contributed by atoms with Crippen molar-refractivity contribution in [3.8, 4) is 0 Å². The van der Waals surface area contributed by atoms with Crippen molar-refractivity contribution >= 4 is 29.1 Å². The topological polar surface area (TPSA) is 92.5 Å². The van der Waals surface area contributed by atoms with Crippen molar-refractivity contribution < 1.29 is 14.4 Å². The van der Waals surface area contributed by atoms with Crippen molar-refractivity contribution in [1.82, 2.24) is 5.32 Å². The Hall–Kier alpha value is -2.37. The first-order valence-corrected chi connectivity index (χ1v) is 5.95. The molecule has 0 atom stereocenters. The van der Waals surface area contributed by atoms with E-state index in [0.29, 0.717) is 24.3 Å². The molecule has 0 saturated heterocycles. The number of benzene rings is 1. The molecule has 0 aliphatic heterocycles. The highest BCUT2D eigenvalue weighted by molar-refractivity contribution is 6.45. The molecule has 3 amide bonds. The summed E-state index contributed by atoms with van der Waals surface area (Å²) in [5, 5.41) is 2.44. The highest BCUT2D eigenvalue weighted by Gasteiger charge is 2.26. The molecule has 0 aromatic heterocycles. The van der Waals surface area contributed by atoms with Crippen molar-refractivity contribution in [3.63, 3.8) is 0 Å². The lowest BCUT2D eigenvalue weighted by molar-refractivity contribution is -0.139. The zero-order chi connectivity index (χ0) is 14.4. The fourth-order valence-electron chi connectivity index (χ4n) is 1.48. The number of nitrogens with two attached hydrogens (primary N) is 1. The van der Waals surface area contributed by atoms with Gasteiger partial charge in [0.05, 0.1) is 5.69 Å². The predicted molar refractivity (Wildman–Crippen MR) is 72.3 cm³/mol. The van der Waals surface area contributed by atoms with E-state index in [-0.39, 0.29) is 0 Å². The Balaban J connectivity index is 2.95. The molecule has 19 heavy (non-hydrogen) atoms. The van der Waals surface area contributed by atoms with E-state index in [4.69, 9.17) is 5.73 Å². The van der Waals surface area contributed by atoms with Crippen LogP contribution >= 0.6 is 0 Å². The Morgan fingerprint density at radius 2 is 1.79 bits per heavy atom. The number of nitrogens with zero attached hydrogens (tertiary/aromatic N) is 1. The fraction of sp³-hybridized carbons (Fsp3) is 0.308. The van der Waals surface area contributed by atoms with Crippen LogP contribution in [0.15, 0.2) is 24.3 Å². The number of hydrogen-bond donors (Lipinski definition) is 2. The van der Waals surface area contributed by atoms with Crippen LogP contribution in [0.5, 0.6) is 0 Å². The third-order valence-electron chi connectivity index (χ3n) is 2.40. The van der Waals surface area contributed by atoms with Crippen LogP contribution in [0.1, 0.15) is 20.3 Å². The van der Waals surface area contributed by atoms with Crippen molar-refractivity contribution in [2.75, 3.05) is 17.2 Å². The zero-order valence-electron chi connectivity index (χ0n) is 11.0. The molecule has 0 aliphatic carbocycles. The van der Waals surface area contributed by atoms with E-state index in [9.17, 15) is 14.4 Å². The first kappa shape index (κ1) is 14.7. The van der Waals surface area contributed by atoms with E-state index >= 15 is 0 Å². The lowest BCUT2D eigenvalue weighted by Crippen LogP contribution is -2.45. The van der Waals surface area contributed by atoms with Gasteiger partial charge in [-0.3, -0.25) is 14.4 Å². The van der Waals surface area contributed by atoms with Gasteiger partial charge in [0, 0.05) is 19.2 Å². The average Bonchev–Trinajstić information content (AvgIpc) is 2.38. The van der Waals surface area contributed by atoms with E-state index in [0.717, 1.165) is 4.90 Å². The van der Waals surface area contributed by atoms with Gasteiger partial charge < -0.3 is 11.1 Å². The second-order valence-electron chi connectivity index (χ2n) is 4.01. The number of imide groups is 1. The van der Waals surface area contributed by atoms with Crippen LogP contribution in [0, 0.1) is 0 Å². The molecule has 0 spiro atoms. The van der Waals surface area contributed by atoms with E-state index in [1.807, 2.05) is 6.92 Å². The van der Waals surface area contributed by atoms with Gasteiger partial charge in [-0.15, -0.1) is 0 Å². The maximum Gasteiger partial charge on any atom is 0.323 e. The first-order chi connectivity index (χ1) is 8.97. The first-order valence-electron chi connectivity index (χ1n) is 5.95. The van der Waals surface area contributed by atoms with Crippen LogP contribution in [0.3, 0.4) is 0 Å². The van der Waals surface area contributed by atoms with Crippen molar-refractivity contribution in [1.29, 1.82) is 0 Å². The van der Waals surface area contributed by atoms with E-state index in [1.54, 1.807) is 12.1 Å². The van der Waals surface area contributed by atoms with Crippen LogP contribution in [-0.2, 0) is 14.4 Å². The summed E-state index contributed by atoms with van der Waals surface area (Å²) in [4.78, 5) is 35.9. The number of carbonyl (C=O) groups excluding carboxylic acids is 3. The number of rotatable bonds is 3. The Bertz CT molecular complexity index is 482. The zero-order valence-corrected chi connectivity index (χ0v) is 11.0. The fourth-order valence-corrected chi connectivity index (χ4v) is 1.48. The van der Waals surface area contributed by atoms with Crippen molar-refractivity contribution in [3.05, 3.63) is 24.3 Å². The van der Waals surface area contributed by atoms with E-state index in [1.165, 1.54) is 19.1 Å². The molecule has 0 fully saturated rings. The second kappa shape index (κ2) is 6.53. The maximum absolute atomic E-state index is 11.9. The van der Waals surface area contributed by atoms with Crippen LogP contribution in [0.25, 0.3) is 0 Å². The van der Waals surface area contributed by atoms with Crippen LogP contribution in [-0.4, -0.2) is 24.3 Å². The lowest BCUT2D eigenvalue weighted by atomic mass is 10.2. The summed E-state index contributed by atoms with van der Waals surface area (Å²) in [7, 11) is 0. The minimum absolute atomic E-state index is 0.318. The third kappa shape index (κ3) is 3.80. The van der Waals surface area contributed by atoms with Crippen molar-refractivity contribution in [2.24, 2.45) is 0 Å². The van der Waals surface area contributed by atoms with Gasteiger partial charge in [-0.1, -0.05) is 6.92 Å². The summed E-state index contributed by atoms with van der Waals surface area (Å²) in [5.74, 6) is -2.22. The highest BCUT2D eigenvalue weighted by atomic mass is 16.2. The summed E-state index contributed by atoms with van der Waals surface area (Å²) in [6, 6.07) is 6.15. The maximum atomic E-state index is 11.9. The number of hydrogen-bond acceptors (Lipinski definition) is 4. The average molecular weight is 263 g/mol. The van der Waals surface area contributed by atoms with Gasteiger partial charge in [0.15, 0.2) is 0 Å². The van der Waals surface area contributed by atoms with Gasteiger partial charge in [-0.2, -0.15) is 0 Å². The number of anilines is 2. The molecule has 0 unspecified atom stereocenters. The molecule has 0 bridgehead atoms. The van der Waals surface area contributed by atoms with E-state index < -0.39 is 17.7 Å². The minimum Gasteiger partial charge on any atom is -0.399 e. The summed E-state index contributed by atoms with van der Waals surface area (Å²) in [6.45, 7) is 3.48. The molecule has 102 valence electrons. The molecule has 6 heteroatoms. The second-order valence-corrected chi connectivity index (χ2v) is 4.01. The van der Waals surface area contributed by atoms with Gasteiger partial charge in [0.1, 0.15) is 0 Å². The monoisotopic (exact) mass is 263 g/mol. The Labute approximate surface area is 111 Å². The molecule has 1 rings (SSSR count). The minimum atomic E-state index is -0.897. The normalized spacial score (nSPS) is 9.79. The van der Waals surface area contributed by atoms with Gasteiger partial charge >= 0.3 is 11.8 Å². The standard InChI is InChI=1S/C13H17N3O3/c1-3-8-15-12(18)13(19)16(9(2)17)11-6-4-10(14)5-7-11/h4-7H,3,8,14H2,1-2H3,(H,15,18). The highest BCUT2D eigenvalue weighted by Crippen LogP contribution is 2.16. The summed E-state index contributed by atoms with van der Waals surface area (Å²) < 4.78 is 0. The predicted octanol–water partition coefficient (Wildman–Crippen LogP) is 0.674. The largest absolute Gasteiger partial charge is 0.399 e. The smallest absolute Gasteiger partial charge is 0.323 e. The summed E-state index contributed by atoms with van der Waals surface area (Å²) in [5.41, 5.74) is 6.36. The summed E-state index contributed by atoms with van der Waals surface area (Å²) >= 11 is 0. The molecule has 0 aliphatic rings.